The number of benzene rings is 1. The van der Waals surface area contributed by atoms with Crippen LogP contribution in [0.4, 0.5) is 0 Å². The summed E-state index contributed by atoms with van der Waals surface area (Å²) < 4.78 is 26.6. The molecular weight excluding hydrogens is 270 g/mol. The smallest absolute Gasteiger partial charge is 0.211 e. The van der Waals surface area contributed by atoms with E-state index in [1.54, 1.807) is 18.2 Å². The van der Waals surface area contributed by atoms with E-state index in [2.05, 4.69) is 11.3 Å². The topological polar surface area (TPSA) is 46.2 Å². The molecule has 100 valence electrons. The van der Waals surface area contributed by atoms with Crippen LogP contribution in [-0.2, 0) is 10.0 Å². The number of hydrogen-bond acceptors (Lipinski definition) is 2. The van der Waals surface area contributed by atoms with Crippen LogP contribution < -0.4 is 4.72 Å². The van der Waals surface area contributed by atoms with Crippen LogP contribution >= 0.6 is 11.6 Å². The highest BCUT2D eigenvalue weighted by Crippen LogP contribution is 2.21. The Balaban J connectivity index is 2.77. The van der Waals surface area contributed by atoms with E-state index in [9.17, 15) is 8.42 Å². The van der Waals surface area contributed by atoms with Crippen molar-refractivity contribution in [3.63, 3.8) is 0 Å². The SMILES string of the molecule is C=CCC(C)(C)CNS(=O)(=O)c1ccc(Cl)cc1. The van der Waals surface area contributed by atoms with Crippen molar-refractivity contribution in [2.75, 3.05) is 6.54 Å². The van der Waals surface area contributed by atoms with Crippen molar-refractivity contribution >= 4 is 21.6 Å². The molecule has 0 fully saturated rings. The van der Waals surface area contributed by atoms with Crippen LogP contribution in [-0.4, -0.2) is 15.0 Å². The number of allylic oxidation sites excluding steroid dienone is 1. The lowest BCUT2D eigenvalue weighted by molar-refractivity contribution is 0.369. The molecule has 1 aromatic rings. The van der Waals surface area contributed by atoms with Gasteiger partial charge in [-0.05, 0) is 36.1 Å². The molecule has 0 atom stereocenters. The Hall–Kier alpha value is -0.840. The lowest BCUT2D eigenvalue weighted by Crippen LogP contribution is -2.33. The van der Waals surface area contributed by atoms with Crippen LogP contribution in [0.25, 0.3) is 0 Å². The van der Waals surface area contributed by atoms with E-state index < -0.39 is 10.0 Å². The summed E-state index contributed by atoms with van der Waals surface area (Å²) in [6, 6.07) is 6.10. The molecule has 3 nitrogen and oxygen atoms in total. The van der Waals surface area contributed by atoms with Gasteiger partial charge in [0.15, 0.2) is 0 Å². The fourth-order valence-electron chi connectivity index (χ4n) is 1.45. The number of halogens is 1. The van der Waals surface area contributed by atoms with Crippen LogP contribution in [0.2, 0.25) is 5.02 Å². The molecule has 5 heteroatoms. The van der Waals surface area contributed by atoms with Gasteiger partial charge < -0.3 is 0 Å². The third-order valence-electron chi connectivity index (χ3n) is 2.56. The molecule has 1 aromatic carbocycles. The van der Waals surface area contributed by atoms with Crippen LogP contribution in [0.15, 0.2) is 41.8 Å². The van der Waals surface area contributed by atoms with Crippen molar-refractivity contribution in [1.29, 1.82) is 0 Å². The molecule has 0 amide bonds. The van der Waals surface area contributed by atoms with Gasteiger partial charge in [-0.1, -0.05) is 31.5 Å². The average Bonchev–Trinajstić information content (AvgIpc) is 2.27. The molecule has 1 rings (SSSR count). The average molecular weight is 288 g/mol. The predicted octanol–water partition coefficient (Wildman–Crippen LogP) is 3.22. The van der Waals surface area contributed by atoms with Gasteiger partial charge in [0.25, 0.3) is 0 Å². The molecule has 0 saturated heterocycles. The molecule has 0 aliphatic heterocycles. The van der Waals surface area contributed by atoms with Gasteiger partial charge >= 0.3 is 0 Å². The molecule has 0 aliphatic rings. The second kappa shape index (κ2) is 5.87. The maximum atomic E-state index is 12.0. The highest BCUT2D eigenvalue weighted by Gasteiger charge is 2.21. The van der Waals surface area contributed by atoms with E-state index >= 15 is 0 Å². The van der Waals surface area contributed by atoms with Crippen molar-refractivity contribution in [1.82, 2.24) is 4.72 Å². The van der Waals surface area contributed by atoms with E-state index in [4.69, 9.17) is 11.6 Å². The Morgan fingerprint density at radius 2 is 1.89 bits per heavy atom. The van der Waals surface area contributed by atoms with Gasteiger partial charge in [0.1, 0.15) is 0 Å². The third-order valence-corrected chi connectivity index (χ3v) is 4.23. The molecular formula is C13H18ClNO2S. The molecule has 0 bridgehead atoms. The van der Waals surface area contributed by atoms with Gasteiger partial charge in [0.2, 0.25) is 10.0 Å². The Labute approximate surface area is 114 Å². The Morgan fingerprint density at radius 3 is 2.39 bits per heavy atom. The molecule has 0 saturated carbocycles. The van der Waals surface area contributed by atoms with Crippen LogP contribution in [0.5, 0.6) is 0 Å². The Morgan fingerprint density at radius 1 is 1.33 bits per heavy atom. The van der Waals surface area contributed by atoms with Gasteiger partial charge in [-0.3, -0.25) is 0 Å². The quantitative estimate of drug-likeness (QED) is 0.817. The third kappa shape index (κ3) is 4.44. The van der Waals surface area contributed by atoms with Gasteiger partial charge in [-0.2, -0.15) is 0 Å². The molecule has 0 radical (unpaired) electrons. The molecule has 0 unspecified atom stereocenters. The monoisotopic (exact) mass is 287 g/mol. The first-order valence-corrected chi connectivity index (χ1v) is 7.49. The van der Waals surface area contributed by atoms with Gasteiger partial charge in [-0.25, -0.2) is 13.1 Å². The molecule has 1 N–H and O–H groups in total. The molecule has 0 spiro atoms. The minimum atomic E-state index is -3.47. The number of rotatable bonds is 6. The van der Waals surface area contributed by atoms with E-state index in [1.807, 2.05) is 13.8 Å². The van der Waals surface area contributed by atoms with Crippen molar-refractivity contribution in [2.45, 2.75) is 25.2 Å². The van der Waals surface area contributed by atoms with Crippen LogP contribution in [0, 0.1) is 5.41 Å². The van der Waals surface area contributed by atoms with Crippen molar-refractivity contribution in [2.24, 2.45) is 5.41 Å². The lowest BCUT2D eigenvalue weighted by atomic mass is 9.90. The number of nitrogens with one attached hydrogen (secondary N) is 1. The second-order valence-corrected chi connectivity index (χ2v) is 7.14. The van der Waals surface area contributed by atoms with Gasteiger partial charge in [0.05, 0.1) is 4.90 Å². The Kier molecular flexibility index (Phi) is 4.96. The van der Waals surface area contributed by atoms with E-state index in [1.165, 1.54) is 12.1 Å². The fourth-order valence-corrected chi connectivity index (χ4v) is 2.82. The summed E-state index contributed by atoms with van der Waals surface area (Å²) in [6.45, 7) is 8.00. The first kappa shape index (κ1) is 15.2. The van der Waals surface area contributed by atoms with Gasteiger partial charge in [0, 0.05) is 11.6 Å². The maximum absolute atomic E-state index is 12.0. The lowest BCUT2D eigenvalue weighted by Gasteiger charge is -2.23. The first-order chi connectivity index (χ1) is 8.27. The van der Waals surface area contributed by atoms with E-state index in [-0.39, 0.29) is 10.3 Å². The standard InChI is InChI=1S/C13H18ClNO2S/c1-4-9-13(2,3)10-15-18(16,17)12-7-5-11(14)6-8-12/h4-8,15H,1,9-10H2,2-3H3. The summed E-state index contributed by atoms with van der Waals surface area (Å²) in [5.74, 6) is 0. The van der Waals surface area contributed by atoms with E-state index in [0.29, 0.717) is 11.6 Å². The van der Waals surface area contributed by atoms with Crippen molar-refractivity contribution < 1.29 is 8.42 Å². The summed E-state index contributed by atoms with van der Waals surface area (Å²) in [6.07, 6.45) is 2.53. The largest absolute Gasteiger partial charge is 0.240 e. The number of sulfonamides is 1. The van der Waals surface area contributed by atoms with Gasteiger partial charge in [-0.15, -0.1) is 6.58 Å². The fraction of sp³-hybridized carbons (Fsp3) is 0.385. The summed E-state index contributed by atoms with van der Waals surface area (Å²) >= 11 is 5.73. The van der Waals surface area contributed by atoms with Crippen LogP contribution in [0.3, 0.4) is 0 Å². The molecule has 0 aliphatic carbocycles. The zero-order valence-corrected chi connectivity index (χ0v) is 12.2. The van der Waals surface area contributed by atoms with Crippen molar-refractivity contribution in [3.05, 3.63) is 41.9 Å². The zero-order valence-electron chi connectivity index (χ0n) is 10.6. The summed E-state index contributed by atoms with van der Waals surface area (Å²) in [7, 11) is -3.47. The predicted molar refractivity (Wildman–Crippen MR) is 75.2 cm³/mol. The summed E-state index contributed by atoms with van der Waals surface area (Å²) in [5.41, 5.74) is -0.152. The summed E-state index contributed by atoms with van der Waals surface area (Å²) in [5, 5.41) is 0.515. The van der Waals surface area contributed by atoms with Crippen LogP contribution in [0.1, 0.15) is 20.3 Å². The minimum Gasteiger partial charge on any atom is -0.211 e. The maximum Gasteiger partial charge on any atom is 0.240 e. The summed E-state index contributed by atoms with van der Waals surface area (Å²) in [4.78, 5) is 0.223. The Bertz CT molecular complexity index is 506. The molecule has 18 heavy (non-hydrogen) atoms. The first-order valence-electron chi connectivity index (χ1n) is 5.63. The van der Waals surface area contributed by atoms with Crippen molar-refractivity contribution in [3.8, 4) is 0 Å². The molecule has 0 aromatic heterocycles. The highest BCUT2D eigenvalue weighted by atomic mass is 35.5. The minimum absolute atomic E-state index is 0.152. The zero-order chi connectivity index (χ0) is 13.8. The second-order valence-electron chi connectivity index (χ2n) is 4.94. The molecule has 0 heterocycles. The number of hydrogen-bond donors (Lipinski definition) is 1. The van der Waals surface area contributed by atoms with E-state index in [0.717, 1.165) is 6.42 Å². The highest BCUT2D eigenvalue weighted by molar-refractivity contribution is 7.89. The normalized spacial score (nSPS) is 12.4.